The molecule has 0 saturated heterocycles. The van der Waals surface area contributed by atoms with Crippen LogP contribution < -0.4 is 4.74 Å². The van der Waals surface area contributed by atoms with Crippen LogP contribution in [0.5, 0.6) is 11.5 Å². The number of hydrogen-bond donors (Lipinski definition) is 1. The summed E-state index contributed by atoms with van der Waals surface area (Å²) in [6.07, 6.45) is 0. The highest BCUT2D eigenvalue weighted by Gasteiger charge is 2.20. The van der Waals surface area contributed by atoms with Crippen LogP contribution in [-0.2, 0) is 11.3 Å². The number of rotatable bonds is 6. The summed E-state index contributed by atoms with van der Waals surface area (Å²) in [6.45, 7) is 0.110. The SMILES string of the molecule is COc1ccc(C(=O)OCc2ccccc2)c(C(=O)c2ccc(O)cc2)c1. The summed E-state index contributed by atoms with van der Waals surface area (Å²) >= 11 is 0. The number of ether oxygens (including phenoxy) is 2. The van der Waals surface area contributed by atoms with E-state index in [-0.39, 0.29) is 29.3 Å². The van der Waals surface area contributed by atoms with E-state index in [0.29, 0.717) is 11.3 Å². The molecule has 136 valence electrons. The molecule has 3 aromatic rings. The molecule has 0 saturated carbocycles. The molecule has 0 aliphatic rings. The molecule has 0 unspecified atom stereocenters. The van der Waals surface area contributed by atoms with E-state index < -0.39 is 5.97 Å². The Balaban J connectivity index is 1.89. The molecule has 0 aromatic heterocycles. The summed E-state index contributed by atoms with van der Waals surface area (Å²) in [5.74, 6) is -0.444. The monoisotopic (exact) mass is 362 g/mol. The van der Waals surface area contributed by atoms with Gasteiger partial charge in [0.05, 0.1) is 12.7 Å². The summed E-state index contributed by atoms with van der Waals surface area (Å²) in [5.41, 5.74) is 1.53. The highest BCUT2D eigenvalue weighted by atomic mass is 16.5. The van der Waals surface area contributed by atoms with Crippen molar-refractivity contribution >= 4 is 11.8 Å². The van der Waals surface area contributed by atoms with Gasteiger partial charge >= 0.3 is 5.97 Å². The van der Waals surface area contributed by atoms with Gasteiger partial charge in [0.15, 0.2) is 5.78 Å². The summed E-state index contributed by atoms with van der Waals surface area (Å²) in [6, 6.07) is 19.7. The van der Waals surface area contributed by atoms with Gasteiger partial charge in [-0.1, -0.05) is 30.3 Å². The second-order valence-corrected chi connectivity index (χ2v) is 5.85. The minimum Gasteiger partial charge on any atom is -0.508 e. The first-order chi connectivity index (χ1) is 13.1. The number of carbonyl (C=O) groups excluding carboxylic acids is 2. The molecule has 0 aliphatic carbocycles. The number of benzene rings is 3. The Kier molecular flexibility index (Phi) is 5.52. The van der Waals surface area contributed by atoms with Crippen molar-refractivity contribution < 1.29 is 24.2 Å². The van der Waals surface area contributed by atoms with Gasteiger partial charge in [0.1, 0.15) is 18.1 Å². The molecule has 0 fully saturated rings. The number of methoxy groups -OCH3 is 1. The average molecular weight is 362 g/mol. The molecule has 0 heterocycles. The second-order valence-electron chi connectivity index (χ2n) is 5.85. The average Bonchev–Trinajstić information content (AvgIpc) is 2.72. The zero-order valence-corrected chi connectivity index (χ0v) is 14.7. The Labute approximate surface area is 156 Å². The van der Waals surface area contributed by atoms with Gasteiger partial charge in [-0.15, -0.1) is 0 Å². The first kappa shape index (κ1) is 18.2. The fourth-order valence-electron chi connectivity index (χ4n) is 2.59. The lowest BCUT2D eigenvalue weighted by Gasteiger charge is -2.11. The number of hydrogen-bond acceptors (Lipinski definition) is 5. The van der Waals surface area contributed by atoms with Crippen molar-refractivity contribution in [2.24, 2.45) is 0 Å². The molecule has 0 radical (unpaired) electrons. The summed E-state index contributed by atoms with van der Waals surface area (Å²) in [4.78, 5) is 25.5. The van der Waals surface area contributed by atoms with Crippen molar-refractivity contribution in [3.05, 3.63) is 95.1 Å². The molecule has 0 spiro atoms. The molecule has 5 heteroatoms. The van der Waals surface area contributed by atoms with Gasteiger partial charge < -0.3 is 14.6 Å². The predicted octanol–water partition coefficient (Wildman–Crippen LogP) is 3.99. The van der Waals surface area contributed by atoms with Crippen LogP contribution in [-0.4, -0.2) is 24.0 Å². The van der Waals surface area contributed by atoms with Gasteiger partial charge in [0, 0.05) is 11.1 Å². The maximum atomic E-state index is 12.9. The Hall–Kier alpha value is -3.60. The number of ketones is 1. The number of phenols is 1. The Bertz CT molecular complexity index is 946. The Morgan fingerprint density at radius 2 is 1.59 bits per heavy atom. The van der Waals surface area contributed by atoms with Crippen LogP contribution in [0.1, 0.15) is 31.8 Å². The van der Waals surface area contributed by atoms with Crippen LogP contribution >= 0.6 is 0 Å². The van der Waals surface area contributed by atoms with E-state index in [2.05, 4.69) is 0 Å². The normalized spacial score (nSPS) is 10.3. The van der Waals surface area contributed by atoms with Gasteiger partial charge in [-0.05, 0) is 48.0 Å². The van der Waals surface area contributed by atoms with E-state index in [1.807, 2.05) is 30.3 Å². The summed E-state index contributed by atoms with van der Waals surface area (Å²) in [7, 11) is 1.48. The topological polar surface area (TPSA) is 72.8 Å². The van der Waals surface area contributed by atoms with Crippen LogP contribution in [0.3, 0.4) is 0 Å². The first-order valence-corrected chi connectivity index (χ1v) is 8.31. The molecule has 0 aliphatic heterocycles. The predicted molar refractivity (Wildman–Crippen MR) is 100 cm³/mol. The van der Waals surface area contributed by atoms with Crippen LogP contribution in [0.15, 0.2) is 72.8 Å². The largest absolute Gasteiger partial charge is 0.508 e. The number of carbonyl (C=O) groups is 2. The summed E-state index contributed by atoms with van der Waals surface area (Å²) < 4.78 is 10.5. The lowest BCUT2D eigenvalue weighted by molar-refractivity contribution is 0.0470. The molecule has 0 bridgehead atoms. The molecule has 3 rings (SSSR count). The molecule has 3 aromatic carbocycles. The molecule has 0 atom stereocenters. The van der Waals surface area contributed by atoms with Crippen molar-refractivity contribution in [3.8, 4) is 11.5 Å². The minimum absolute atomic E-state index is 0.0553. The molecule has 1 N–H and O–H groups in total. The molecular weight excluding hydrogens is 344 g/mol. The molecular formula is C22H18O5. The van der Waals surface area contributed by atoms with Gasteiger partial charge in [-0.3, -0.25) is 4.79 Å². The van der Waals surface area contributed by atoms with E-state index in [4.69, 9.17) is 9.47 Å². The molecule has 27 heavy (non-hydrogen) atoms. The highest BCUT2D eigenvalue weighted by molar-refractivity contribution is 6.14. The number of phenolic OH excluding ortho intramolecular Hbond substituents is 1. The quantitative estimate of drug-likeness (QED) is 0.530. The van der Waals surface area contributed by atoms with Gasteiger partial charge in [-0.25, -0.2) is 4.79 Å². The van der Waals surface area contributed by atoms with E-state index in [0.717, 1.165) is 5.56 Å². The van der Waals surface area contributed by atoms with E-state index in [1.54, 1.807) is 6.07 Å². The van der Waals surface area contributed by atoms with Crippen molar-refractivity contribution in [3.63, 3.8) is 0 Å². The van der Waals surface area contributed by atoms with Gasteiger partial charge in [-0.2, -0.15) is 0 Å². The summed E-state index contributed by atoms with van der Waals surface area (Å²) in [5, 5.41) is 9.41. The molecule has 0 amide bonds. The van der Waals surface area contributed by atoms with Crippen LogP contribution in [0.4, 0.5) is 0 Å². The van der Waals surface area contributed by atoms with Crippen LogP contribution in [0.2, 0.25) is 0 Å². The number of aromatic hydroxyl groups is 1. The second kappa shape index (κ2) is 8.19. The van der Waals surface area contributed by atoms with E-state index in [9.17, 15) is 14.7 Å². The lowest BCUT2D eigenvalue weighted by atomic mass is 9.98. The fourth-order valence-corrected chi connectivity index (χ4v) is 2.59. The third-order valence-electron chi connectivity index (χ3n) is 4.03. The third kappa shape index (κ3) is 4.33. The van der Waals surface area contributed by atoms with E-state index in [1.165, 1.54) is 43.5 Å². The molecule has 5 nitrogen and oxygen atoms in total. The van der Waals surface area contributed by atoms with Crippen molar-refractivity contribution in [2.45, 2.75) is 6.61 Å². The minimum atomic E-state index is -0.594. The Morgan fingerprint density at radius 3 is 2.26 bits per heavy atom. The van der Waals surface area contributed by atoms with Gasteiger partial charge in [0.2, 0.25) is 0 Å². The zero-order valence-electron chi connectivity index (χ0n) is 14.7. The number of esters is 1. The highest BCUT2D eigenvalue weighted by Crippen LogP contribution is 2.23. The van der Waals surface area contributed by atoms with Crippen molar-refractivity contribution in [1.29, 1.82) is 0 Å². The van der Waals surface area contributed by atoms with Gasteiger partial charge in [0.25, 0.3) is 0 Å². The first-order valence-electron chi connectivity index (χ1n) is 8.31. The third-order valence-corrected chi connectivity index (χ3v) is 4.03. The zero-order chi connectivity index (χ0) is 19.2. The smallest absolute Gasteiger partial charge is 0.339 e. The van der Waals surface area contributed by atoms with Crippen molar-refractivity contribution in [1.82, 2.24) is 0 Å². The maximum absolute atomic E-state index is 12.9. The Morgan fingerprint density at radius 1 is 0.889 bits per heavy atom. The fraction of sp³-hybridized carbons (Fsp3) is 0.0909. The van der Waals surface area contributed by atoms with E-state index >= 15 is 0 Å². The van der Waals surface area contributed by atoms with Crippen molar-refractivity contribution in [2.75, 3.05) is 7.11 Å². The van der Waals surface area contributed by atoms with Crippen LogP contribution in [0.25, 0.3) is 0 Å². The van der Waals surface area contributed by atoms with Crippen LogP contribution in [0, 0.1) is 0 Å². The maximum Gasteiger partial charge on any atom is 0.339 e. The standard InChI is InChI=1S/C22H18O5/c1-26-18-11-12-19(22(25)27-14-15-5-3-2-4-6-15)20(13-18)21(24)16-7-9-17(23)10-8-16/h2-13,23H,14H2,1H3. The lowest BCUT2D eigenvalue weighted by Crippen LogP contribution is -2.13.